The Morgan fingerprint density at radius 3 is 1.48 bits per heavy atom. The van der Waals surface area contributed by atoms with Gasteiger partial charge in [0, 0.05) is 30.5 Å². The summed E-state index contributed by atoms with van der Waals surface area (Å²) < 4.78 is 27.6. The van der Waals surface area contributed by atoms with Crippen LogP contribution in [0.4, 0.5) is 0 Å². The van der Waals surface area contributed by atoms with E-state index < -0.39 is 26.8 Å². The third-order valence-electron chi connectivity index (χ3n) is 7.39. The maximum atomic E-state index is 15.0. The van der Waals surface area contributed by atoms with Crippen LogP contribution in [0.25, 0.3) is 0 Å². The van der Waals surface area contributed by atoms with E-state index in [0.29, 0.717) is 36.8 Å². The first-order valence-corrected chi connectivity index (χ1v) is 18.0. The van der Waals surface area contributed by atoms with E-state index in [4.69, 9.17) is 8.85 Å². The molecule has 214 valence electrons. The van der Waals surface area contributed by atoms with E-state index in [-0.39, 0.29) is 6.16 Å². The molecule has 5 nitrogen and oxygen atoms in total. The summed E-state index contributed by atoms with van der Waals surface area (Å²) in [5.74, 6) is 0. The fourth-order valence-corrected chi connectivity index (χ4v) is 12.1. The summed E-state index contributed by atoms with van der Waals surface area (Å²) in [7, 11) is -6.97. The summed E-state index contributed by atoms with van der Waals surface area (Å²) in [5, 5.41) is 0.988. The molecule has 0 amide bonds. The van der Waals surface area contributed by atoms with Crippen LogP contribution >= 0.6 is 7.14 Å². The summed E-state index contributed by atoms with van der Waals surface area (Å²) in [6.45, 7) is 16.1. The molecule has 0 aliphatic rings. The van der Waals surface area contributed by atoms with Gasteiger partial charge in [-0.1, -0.05) is 65.7 Å². The van der Waals surface area contributed by atoms with Gasteiger partial charge in [0.05, 0.1) is 0 Å². The van der Waals surface area contributed by atoms with Crippen molar-refractivity contribution in [1.29, 1.82) is 0 Å². The average molecular weight is 579 g/mol. The van der Waals surface area contributed by atoms with Crippen molar-refractivity contribution in [2.24, 2.45) is 0 Å². The van der Waals surface area contributed by atoms with Crippen LogP contribution < -0.4 is 5.19 Å². The Morgan fingerprint density at radius 2 is 1.10 bits per heavy atom. The van der Waals surface area contributed by atoms with Crippen molar-refractivity contribution in [3.05, 3.63) is 99.1 Å². The topological polar surface area (TPSA) is 69.7 Å². The molecule has 0 saturated heterocycles. The Balaban J connectivity index is 2.10. The number of benzene rings is 3. The molecule has 0 N–H and O–H groups in total. The van der Waals surface area contributed by atoms with Crippen molar-refractivity contribution >= 4 is 31.9 Å². The summed E-state index contributed by atoms with van der Waals surface area (Å²) >= 11 is 0. The molecule has 0 aromatic heterocycles. The van der Waals surface area contributed by atoms with Gasteiger partial charge in [-0.25, -0.2) is 0 Å². The van der Waals surface area contributed by atoms with Crippen LogP contribution in [0.2, 0.25) is 6.04 Å². The van der Waals surface area contributed by atoms with Crippen molar-refractivity contribution in [2.45, 2.75) is 67.9 Å². The van der Waals surface area contributed by atoms with E-state index in [1.54, 1.807) is 0 Å². The van der Waals surface area contributed by atoms with Gasteiger partial charge < -0.3 is 13.4 Å². The largest absolute Gasteiger partial charge is 0.391 e. The lowest BCUT2D eigenvalue weighted by molar-refractivity contribution is 0.103. The Morgan fingerprint density at radius 1 is 0.700 bits per heavy atom. The first-order valence-electron chi connectivity index (χ1n) is 14.1. The molecule has 3 aromatic carbocycles. The minimum absolute atomic E-state index is 0.0358. The molecule has 0 saturated carbocycles. The second-order valence-corrected chi connectivity index (χ2v) is 16.6. The molecule has 0 radical (unpaired) electrons. The summed E-state index contributed by atoms with van der Waals surface area (Å²) in [6, 6.07) is 18.0. The molecule has 0 fully saturated rings. The first-order chi connectivity index (χ1) is 18.9. The normalized spacial score (nSPS) is 12.0. The van der Waals surface area contributed by atoms with Crippen LogP contribution in [0.15, 0.2) is 54.6 Å². The molecule has 0 heterocycles. The first kappa shape index (κ1) is 31.9. The van der Waals surface area contributed by atoms with Crippen LogP contribution in [-0.4, -0.2) is 39.0 Å². The number of carbonyl (C=O) groups excluding carboxylic acids is 2. The molecule has 3 rings (SSSR count). The van der Waals surface area contributed by atoms with Gasteiger partial charge in [-0.05, 0) is 95.3 Å². The van der Waals surface area contributed by atoms with Gasteiger partial charge in [0.1, 0.15) is 0 Å². The SMILES string of the molecule is CCO[Si](CCCP(=O)(C(=O)c1c(C)cc(C)cc1C)C(=O)c1c(C)cc(C)cc1C)(OCC)c1ccccc1. The van der Waals surface area contributed by atoms with E-state index in [0.717, 1.165) is 38.6 Å². The van der Waals surface area contributed by atoms with Crippen molar-refractivity contribution in [2.75, 3.05) is 19.4 Å². The van der Waals surface area contributed by atoms with Gasteiger partial charge in [0.25, 0.3) is 0 Å². The predicted octanol–water partition coefficient (Wildman–Crippen LogP) is 7.69. The van der Waals surface area contributed by atoms with Crippen molar-refractivity contribution in [3.63, 3.8) is 0 Å². The van der Waals surface area contributed by atoms with Crippen molar-refractivity contribution in [3.8, 4) is 0 Å². The highest BCUT2D eigenvalue weighted by molar-refractivity contribution is 7.95. The zero-order chi connectivity index (χ0) is 29.7. The Kier molecular flexibility index (Phi) is 10.6. The maximum Gasteiger partial charge on any atom is 0.372 e. The summed E-state index contributed by atoms with van der Waals surface area (Å²) in [4.78, 5) is 28.5. The molecule has 0 atom stereocenters. The quantitative estimate of drug-likeness (QED) is 0.154. The van der Waals surface area contributed by atoms with E-state index in [1.807, 2.05) is 110 Å². The van der Waals surface area contributed by atoms with Crippen molar-refractivity contribution < 1.29 is 23.0 Å². The zero-order valence-electron chi connectivity index (χ0n) is 25.2. The molecular formula is C33H43O5PSi. The summed E-state index contributed by atoms with van der Waals surface area (Å²) in [5.41, 5.74) is 4.69. The van der Waals surface area contributed by atoms with Gasteiger partial charge in [-0.2, -0.15) is 0 Å². The van der Waals surface area contributed by atoms with Crippen LogP contribution in [0.5, 0.6) is 0 Å². The molecule has 0 spiro atoms. The van der Waals surface area contributed by atoms with Gasteiger partial charge in [0.15, 0.2) is 0 Å². The smallest absolute Gasteiger partial charge is 0.372 e. The number of aryl methyl sites for hydroxylation is 6. The third-order valence-corrected chi connectivity index (χ3v) is 13.8. The van der Waals surface area contributed by atoms with Gasteiger partial charge >= 0.3 is 8.56 Å². The molecule has 40 heavy (non-hydrogen) atoms. The molecule has 0 bridgehead atoms. The molecular weight excluding hydrogens is 535 g/mol. The second kappa shape index (κ2) is 13.4. The monoisotopic (exact) mass is 578 g/mol. The van der Waals surface area contributed by atoms with Gasteiger partial charge in [-0.15, -0.1) is 0 Å². The van der Waals surface area contributed by atoms with E-state index in [1.165, 1.54) is 0 Å². The predicted molar refractivity (Wildman–Crippen MR) is 167 cm³/mol. The lowest BCUT2D eigenvalue weighted by Gasteiger charge is -2.31. The standard InChI is InChI=1S/C33H43O5PSi/c1-9-37-40(38-10-2,29-15-12-11-13-16-29)18-14-17-39(36,32(34)30-25(5)19-23(3)20-26(30)6)33(35)31-27(7)21-24(4)22-28(31)8/h11-13,15-16,19-22H,9-10,14,17-18H2,1-8H3. The number of rotatable bonds is 13. The minimum atomic E-state index is -4.07. The highest BCUT2D eigenvalue weighted by atomic mass is 31.2. The average Bonchev–Trinajstić information content (AvgIpc) is 2.88. The second-order valence-electron chi connectivity index (χ2n) is 10.7. The fourth-order valence-electron chi connectivity index (χ4n) is 5.88. The molecule has 0 aliphatic heterocycles. The number of hydrogen-bond acceptors (Lipinski definition) is 5. The van der Waals surface area contributed by atoms with Gasteiger partial charge in [0.2, 0.25) is 18.2 Å². The molecule has 7 heteroatoms. The van der Waals surface area contributed by atoms with Gasteiger partial charge in [-0.3, -0.25) is 9.59 Å². The van der Waals surface area contributed by atoms with Crippen molar-refractivity contribution in [1.82, 2.24) is 0 Å². The maximum absolute atomic E-state index is 15.0. The van der Waals surface area contributed by atoms with E-state index >= 15 is 0 Å². The fraction of sp³-hybridized carbons (Fsp3) is 0.394. The highest BCUT2D eigenvalue weighted by Crippen LogP contribution is 2.54. The minimum Gasteiger partial charge on any atom is -0.391 e. The molecule has 3 aromatic rings. The number of carbonyl (C=O) groups is 2. The highest BCUT2D eigenvalue weighted by Gasteiger charge is 2.45. The number of hydrogen-bond donors (Lipinski definition) is 0. The van der Waals surface area contributed by atoms with Crippen LogP contribution in [0.1, 0.15) is 74.4 Å². The third kappa shape index (κ3) is 6.63. The Labute approximate surface area is 240 Å². The van der Waals surface area contributed by atoms with E-state index in [9.17, 15) is 14.2 Å². The van der Waals surface area contributed by atoms with Crippen LogP contribution in [0.3, 0.4) is 0 Å². The summed E-state index contributed by atoms with van der Waals surface area (Å²) in [6.07, 6.45) is 0.329. The zero-order valence-corrected chi connectivity index (χ0v) is 27.1. The molecule has 0 aliphatic carbocycles. The molecule has 0 unspecified atom stereocenters. The Hall–Kier alpha value is -2.63. The van der Waals surface area contributed by atoms with Crippen LogP contribution in [0, 0.1) is 41.5 Å². The van der Waals surface area contributed by atoms with Crippen LogP contribution in [-0.2, 0) is 13.4 Å². The van der Waals surface area contributed by atoms with E-state index in [2.05, 4.69) is 0 Å². The Bertz CT molecular complexity index is 1300. The lowest BCUT2D eigenvalue weighted by Crippen LogP contribution is -2.54. The lowest BCUT2D eigenvalue weighted by atomic mass is 10.0.